The van der Waals surface area contributed by atoms with Gasteiger partial charge in [-0.05, 0) is 29.7 Å². The monoisotopic (exact) mass is 293 g/mol. The lowest BCUT2D eigenvalue weighted by Crippen LogP contribution is -1.97. The number of benzene rings is 2. The van der Waals surface area contributed by atoms with Crippen molar-refractivity contribution in [1.82, 2.24) is 0 Å². The van der Waals surface area contributed by atoms with Gasteiger partial charge in [-0.2, -0.15) is 0 Å². The molecular weight excluding hydrogens is 270 g/mol. The predicted octanol–water partition coefficient (Wildman–Crippen LogP) is 6.25. The number of unbranched alkanes of at least 4 members (excludes halogenated alkanes) is 4. The van der Waals surface area contributed by atoms with E-state index in [0.717, 1.165) is 29.9 Å². The van der Waals surface area contributed by atoms with Gasteiger partial charge >= 0.3 is 0 Å². The minimum absolute atomic E-state index is 0.673. The quantitative estimate of drug-likeness (QED) is 0.414. The van der Waals surface area contributed by atoms with E-state index in [-0.39, 0.29) is 0 Å². The number of hydrogen-bond acceptors (Lipinski definition) is 1. The topological polar surface area (TPSA) is 13.6 Å². The second-order valence-electron chi connectivity index (χ2n) is 5.45. The van der Waals surface area contributed by atoms with Crippen molar-refractivity contribution in [3.63, 3.8) is 0 Å². The number of hydrogen-bond donors (Lipinski definition) is 0. The standard InChI is InChI=1S/C20H23NO/c1-3-4-5-6-7-16-22-20-14-10-18(11-15-20)17-8-12-19(21-2)13-9-17/h8-15H,3-7,16H2,1H3. The summed E-state index contributed by atoms with van der Waals surface area (Å²) < 4.78 is 5.77. The van der Waals surface area contributed by atoms with Crippen LogP contribution in [0.4, 0.5) is 5.69 Å². The summed E-state index contributed by atoms with van der Waals surface area (Å²) in [6.07, 6.45) is 6.28. The molecule has 0 aliphatic rings. The highest BCUT2D eigenvalue weighted by Gasteiger charge is 1.99. The second kappa shape index (κ2) is 8.89. The molecule has 0 N–H and O–H groups in total. The van der Waals surface area contributed by atoms with Crippen molar-refractivity contribution in [2.45, 2.75) is 39.0 Å². The Bertz CT molecular complexity index is 593. The molecule has 0 unspecified atom stereocenters. The molecule has 2 aromatic rings. The Morgan fingerprint density at radius 1 is 0.818 bits per heavy atom. The Morgan fingerprint density at radius 3 is 2.00 bits per heavy atom. The lowest BCUT2D eigenvalue weighted by Gasteiger charge is -2.07. The van der Waals surface area contributed by atoms with Gasteiger partial charge in [0.25, 0.3) is 0 Å². The molecule has 0 bridgehead atoms. The second-order valence-corrected chi connectivity index (χ2v) is 5.45. The van der Waals surface area contributed by atoms with E-state index in [1.54, 1.807) is 0 Å². The van der Waals surface area contributed by atoms with Gasteiger partial charge in [-0.15, -0.1) is 0 Å². The molecule has 0 saturated heterocycles. The highest BCUT2D eigenvalue weighted by molar-refractivity contribution is 5.66. The molecule has 22 heavy (non-hydrogen) atoms. The van der Waals surface area contributed by atoms with Gasteiger partial charge in [0.15, 0.2) is 5.69 Å². The average Bonchev–Trinajstić information content (AvgIpc) is 2.59. The SMILES string of the molecule is [C-]#[N+]c1ccc(-c2ccc(OCCCCCCC)cc2)cc1. The molecule has 0 radical (unpaired) electrons. The molecule has 114 valence electrons. The van der Waals surface area contributed by atoms with E-state index in [9.17, 15) is 0 Å². The maximum atomic E-state index is 6.97. The molecule has 0 spiro atoms. The first-order valence-corrected chi connectivity index (χ1v) is 8.04. The fourth-order valence-corrected chi connectivity index (χ4v) is 2.37. The maximum absolute atomic E-state index is 6.97. The highest BCUT2D eigenvalue weighted by Crippen LogP contribution is 2.24. The van der Waals surface area contributed by atoms with E-state index in [1.807, 2.05) is 36.4 Å². The largest absolute Gasteiger partial charge is 0.494 e. The van der Waals surface area contributed by atoms with Crippen LogP contribution in [-0.4, -0.2) is 6.61 Å². The van der Waals surface area contributed by atoms with Gasteiger partial charge in [-0.25, -0.2) is 4.85 Å². The van der Waals surface area contributed by atoms with Gasteiger partial charge in [0.05, 0.1) is 13.2 Å². The van der Waals surface area contributed by atoms with E-state index in [0.29, 0.717) is 5.69 Å². The van der Waals surface area contributed by atoms with Crippen LogP contribution >= 0.6 is 0 Å². The van der Waals surface area contributed by atoms with E-state index in [4.69, 9.17) is 11.3 Å². The van der Waals surface area contributed by atoms with Crippen LogP contribution in [0.2, 0.25) is 0 Å². The first-order valence-electron chi connectivity index (χ1n) is 8.04. The van der Waals surface area contributed by atoms with Crippen LogP contribution in [0.25, 0.3) is 16.0 Å². The van der Waals surface area contributed by atoms with Crippen LogP contribution in [0.15, 0.2) is 48.5 Å². The molecule has 0 amide bonds. The molecule has 0 atom stereocenters. The van der Waals surface area contributed by atoms with Crippen LogP contribution in [0.1, 0.15) is 39.0 Å². The molecule has 2 nitrogen and oxygen atoms in total. The number of nitrogens with zero attached hydrogens (tertiary/aromatic N) is 1. The summed E-state index contributed by atoms with van der Waals surface area (Å²) in [4.78, 5) is 3.41. The Kier molecular flexibility index (Phi) is 6.51. The molecule has 2 aromatic carbocycles. The van der Waals surface area contributed by atoms with Gasteiger partial charge in [0, 0.05) is 0 Å². The van der Waals surface area contributed by atoms with Crippen molar-refractivity contribution in [1.29, 1.82) is 0 Å². The fraction of sp³-hybridized carbons (Fsp3) is 0.350. The Morgan fingerprint density at radius 2 is 1.41 bits per heavy atom. The Labute approximate surface area is 133 Å². The minimum atomic E-state index is 0.673. The van der Waals surface area contributed by atoms with Crippen LogP contribution < -0.4 is 4.74 Å². The molecule has 2 rings (SSSR count). The van der Waals surface area contributed by atoms with E-state index < -0.39 is 0 Å². The molecule has 2 heteroatoms. The lowest BCUT2D eigenvalue weighted by molar-refractivity contribution is 0.304. The zero-order valence-electron chi connectivity index (χ0n) is 13.2. The van der Waals surface area contributed by atoms with Gasteiger partial charge in [0.1, 0.15) is 5.75 Å². The van der Waals surface area contributed by atoms with Crippen molar-refractivity contribution in [2.75, 3.05) is 6.61 Å². The summed E-state index contributed by atoms with van der Waals surface area (Å²) >= 11 is 0. The molecule has 0 saturated carbocycles. The first-order chi connectivity index (χ1) is 10.8. The van der Waals surface area contributed by atoms with Crippen LogP contribution in [0.3, 0.4) is 0 Å². The summed E-state index contributed by atoms with van der Waals surface area (Å²) in [7, 11) is 0. The van der Waals surface area contributed by atoms with E-state index in [2.05, 4.69) is 23.9 Å². The third kappa shape index (κ3) is 4.93. The summed E-state index contributed by atoms with van der Waals surface area (Å²) in [5.41, 5.74) is 2.94. The average molecular weight is 293 g/mol. The van der Waals surface area contributed by atoms with Crippen LogP contribution in [0.5, 0.6) is 5.75 Å². The molecule has 0 fully saturated rings. The van der Waals surface area contributed by atoms with E-state index in [1.165, 1.54) is 25.7 Å². The maximum Gasteiger partial charge on any atom is 0.187 e. The predicted molar refractivity (Wildman–Crippen MR) is 92.4 cm³/mol. The summed E-state index contributed by atoms with van der Waals surface area (Å²) in [5, 5.41) is 0. The smallest absolute Gasteiger partial charge is 0.187 e. The number of ether oxygens (including phenoxy) is 1. The minimum Gasteiger partial charge on any atom is -0.494 e. The van der Waals surface area contributed by atoms with E-state index >= 15 is 0 Å². The molecule has 0 aliphatic heterocycles. The van der Waals surface area contributed by atoms with Gasteiger partial charge in [-0.3, -0.25) is 0 Å². The zero-order valence-corrected chi connectivity index (χ0v) is 13.2. The normalized spacial score (nSPS) is 10.2. The van der Waals surface area contributed by atoms with Gasteiger partial charge < -0.3 is 4.74 Å². The van der Waals surface area contributed by atoms with Crippen molar-refractivity contribution in [3.8, 4) is 16.9 Å². The number of rotatable bonds is 8. The van der Waals surface area contributed by atoms with Crippen molar-refractivity contribution in [3.05, 3.63) is 59.9 Å². The van der Waals surface area contributed by atoms with Crippen molar-refractivity contribution >= 4 is 5.69 Å². The molecule has 0 aromatic heterocycles. The Hall–Kier alpha value is -2.27. The first kappa shape index (κ1) is 16.1. The van der Waals surface area contributed by atoms with Crippen molar-refractivity contribution in [2.24, 2.45) is 0 Å². The molecule has 0 aliphatic carbocycles. The molecule has 0 heterocycles. The third-order valence-electron chi connectivity index (χ3n) is 3.70. The summed E-state index contributed by atoms with van der Waals surface area (Å²) in [6, 6.07) is 15.8. The molecular formula is C20H23NO. The fourth-order valence-electron chi connectivity index (χ4n) is 2.37. The van der Waals surface area contributed by atoms with Crippen LogP contribution in [-0.2, 0) is 0 Å². The Balaban J connectivity index is 1.83. The zero-order chi connectivity index (χ0) is 15.6. The third-order valence-corrected chi connectivity index (χ3v) is 3.70. The lowest BCUT2D eigenvalue weighted by atomic mass is 10.1. The van der Waals surface area contributed by atoms with Crippen molar-refractivity contribution < 1.29 is 4.74 Å². The summed E-state index contributed by atoms with van der Waals surface area (Å²) in [5.74, 6) is 0.928. The highest BCUT2D eigenvalue weighted by atomic mass is 16.5. The van der Waals surface area contributed by atoms with Gasteiger partial charge in [-0.1, -0.05) is 69.0 Å². The summed E-state index contributed by atoms with van der Waals surface area (Å²) in [6.45, 7) is 10.00. The van der Waals surface area contributed by atoms with Gasteiger partial charge in [0.2, 0.25) is 0 Å². The van der Waals surface area contributed by atoms with Crippen LogP contribution in [0, 0.1) is 6.57 Å².